The van der Waals surface area contributed by atoms with Crippen molar-refractivity contribution in [3.8, 4) is 0 Å². The zero-order valence-electron chi connectivity index (χ0n) is 12.1. The summed E-state index contributed by atoms with van der Waals surface area (Å²) < 4.78 is 0.967. The highest BCUT2D eigenvalue weighted by molar-refractivity contribution is 9.10. The Bertz CT molecular complexity index is 503. The van der Waals surface area contributed by atoms with Crippen molar-refractivity contribution < 1.29 is 9.90 Å². The number of hydrogen-bond acceptors (Lipinski definition) is 2. The second kappa shape index (κ2) is 6.27. The maximum atomic E-state index is 12.5. The van der Waals surface area contributed by atoms with Crippen LogP contribution < -0.4 is 5.32 Å². The summed E-state index contributed by atoms with van der Waals surface area (Å²) in [7, 11) is 0. The van der Waals surface area contributed by atoms with Crippen molar-refractivity contribution in [2.24, 2.45) is 5.92 Å². The van der Waals surface area contributed by atoms with Crippen LogP contribution in [0.1, 0.15) is 48.5 Å². The van der Waals surface area contributed by atoms with Crippen LogP contribution in [-0.2, 0) is 0 Å². The fourth-order valence-electron chi connectivity index (χ4n) is 3.15. The van der Waals surface area contributed by atoms with Gasteiger partial charge in [0.05, 0.1) is 12.1 Å². The molecule has 0 aliphatic heterocycles. The predicted molar refractivity (Wildman–Crippen MR) is 83.8 cm³/mol. The van der Waals surface area contributed by atoms with Crippen LogP contribution >= 0.6 is 15.9 Å². The second-order valence-electron chi connectivity index (χ2n) is 6.05. The lowest BCUT2D eigenvalue weighted by molar-refractivity contribution is 0.0696. The molecule has 1 amide bonds. The molecule has 2 N–H and O–H groups in total. The van der Waals surface area contributed by atoms with Gasteiger partial charge in [0, 0.05) is 10.0 Å². The van der Waals surface area contributed by atoms with Crippen molar-refractivity contribution in [2.45, 2.75) is 45.1 Å². The molecular formula is C16H22BrNO2. The third-order valence-corrected chi connectivity index (χ3v) is 4.70. The van der Waals surface area contributed by atoms with Crippen molar-refractivity contribution in [2.75, 3.05) is 6.61 Å². The molecule has 1 aromatic rings. The molecule has 2 unspecified atom stereocenters. The van der Waals surface area contributed by atoms with Crippen molar-refractivity contribution in [1.29, 1.82) is 0 Å². The molecule has 0 bridgehead atoms. The Hall–Kier alpha value is -0.870. The molecule has 4 heteroatoms. The summed E-state index contributed by atoms with van der Waals surface area (Å²) >= 11 is 3.40. The van der Waals surface area contributed by atoms with Gasteiger partial charge in [-0.3, -0.25) is 4.79 Å². The molecule has 0 spiro atoms. The quantitative estimate of drug-likeness (QED) is 0.886. The number of hydrogen-bond donors (Lipinski definition) is 2. The molecule has 3 nitrogen and oxygen atoms in total. The topological polar surface area (TPSA) is 49.3 Å². The van der Waals surface area contributed by atoms with Gasteiger partial charge in [-0.05, 0) is 49.4 Å². The van der Waals surface area contributed by atoms with Crippen LogP contribution in [0.4, 0.5) is 0 Å². The minimum atomic E-state index is -0.450. The van der Waals surface area contributed by atoms with Crippen molar-refractivity contribution >= 4 is 21.8 Å². The Balaban J connectivity index is 2.16. The average Bonchev–Trinajstić information content (AvgIpc) is 2.38. The van der Waals surface area contributed by atoms with E-state index < -0.39 is 5.54 Å². The molecule has 1 saturated carbocycles. The van der Waals surface area contributed by atoms with E-state index in [0.29, 0.717) is 11.5 Å². The van der Waals surface area contributed by atoms with E-state index in [9.17, 15) is 9.90 Å². The average molecular weight is 340 g/mol. The number of rotatable bonds is 3. The SMILES string of the molecule is Cc1cc(Br)ccc1C(=O)NC1(CO)CCCC(C)C1. The van der Waals surface area contributed by atoms with E-state index in [4.69, 9.17) is 0 Å². The molecule has 1 aliphatic carbocycles. The fourth-order valence-corrected chi connectivity index (χ4v) is 3.62. The molecule has 1 aromatic carbocycles. The molecule has 0 saturated heterocycles. The maximum absolute atomic E-state index is 12.5. The first-order chi connectivity index (χ1) is 9.46. The van der Waals surface area contributed by atoms with Gasteiger partial charge in [0.25, 0.3) is 5.91 Å². The zero-order valence-corrected chi connectivity index (χ0v) is 13.7. The van der Waals surface area contributed by atoms with Crippen LogP contribution in [-0.4, -0.2) is 23.2 Å². The van der Waals surface area contributed by atoms with Crippen molar-refractivity contribution in [3.63, 3.8) is 0 Å². The summed E-state index contributed by atoms with van der Waals surface area (Å²) in [6.45, 7) is 4.12. The summed E-state index contributed by atoms with van der Waals surface area (Å²) in [4.78, 5) is 12.5. The minimum Gasteiger partial charge on any atom is -0.394 e. The fraction of sp³-hybridized carbons (Fsp3) is 0.562. The lowest BCUT2D eigenvalue weighted by atomic mass is 9.76. The first-order valence-electron chi connectivity index (χ1n) is 7.15. The normalized spacial score (nSPS) is 26.3. The summed E-state index contributed by atoms with van der Waals surface area (Å²) in [5.74, 6) is 0.459. The number of aliphatic hydroxyl groups is 1. The highest BCUT2D eigenvalue weighted by Crippen LogP contribution is 2.32. The molecule has 0 aromatic heterocycles. The van der Waals surface area contributed by atoms with Gasteiger partial charge in [0.1, 0.15) is 0 Å². The Labute approximate surface area is 128 Å². The van der Waals surface area contributed by atoms with E-state index in [1.165, 1.54) is 6.42 Å². The predicted octanol–water partition coefficient (Wildman–Crippen LogP) is 3.43. The van der Waals surface area contributed by atoms with E-state index in [-0.39, 0.29) is 12.5 Å². The molecule has 110 valence electrons. The molecule has 1 fully saturated rings. The molecule has 0 radical (unpaired) electrons. The Morgan fingerprint density at radius 3 is 2.90 bits per heavy atom. The van der Waals surface area contributed by atoms with E-state index in [2.05, 4.69) is 28.2 Å². The van der Waals surface area contributed by atoms with Crippen LogP contribution in [0.5, 0.6) is 0 Å². The monoisotopic (exact) mass is 339 g/mol. The van der Waals surface area contributed by atoms with Gasteiger partial charge in [-0.2, -0.15) is 0 Å². The largest absolute Gasteiger partial charge is 0.394 e. The number of carbonyl (C=O) groups is 1. The van der Waals surface area contributed by atoms with E-state index in [0.717, 1.165) is 29.3 Å². The van der Waals surface area contributed by atoms with Crippen LogP contribution in [0, 0.1) is 12.8 Å². The number of aryl methyl sites for hydroxylation is 1. The maximum Gasteiger partial charge on any atom is 0.252 e. The van der Waals surface area contributed by atoms with Crippen LogP contribution in [0.3, 0.4) is 0 Å². The van der Waals surface area contributed by atoms with Gasteiger partial charge >= 0.3 is 0 Å². The third-order valence-electron chi connectivity index (χ3n) is 4.21. The molecular weight excluding hydrogens is 318 g/mol. The number of nitrogens with one attached hydrogen (secondary N) is 1. The van der Waals surface area contributed by atoms with Gasteiger partial charge in [0.15, 0.2) is 0 Å². The molecule has 2 rings (SSSR count). The number of carbonyl (C=O) groups excluding carboxylic acids is 1. The van der Waals surface area contributed by atoms with Crippen molar-refractivity contribution in [3.05, 3.63) is 33.8 Å². The van der Waals surface area contributed by atoms with E-state index in [1.54, 1.807) is 0 Å². The molecule has 20 heavy (non-hydrogen) atoms. The first kappa shape index (κ1) is 15.5. The number of benzene rings is 1. The van der Waals surface area contributed by atoms with Gasteiger partial charge in [-0.1, -0.05) is 35.7 Å². The number of halogens is 1. The van der Waals surface area contributed by atoms with Gasteiger partial charge in [-0.15, -0.1) is 0 Å². The van der Waals surface area contributed by atoms with Crippen LogP contribution in [0.2, 0.25) is 0 Å². The third kappa shape index (κ3) is 3.41. The van der Waals surface area contributed by atoms with E-state index >= 15 is 0 Å². The van der Waals surface area contributed by atoms with Gasteiger partial charge < -0.3 is 10.4 Å². The number of amides is 1. The Morgan fingerprint density at radius 2 is 2.30 bits per heavy atom. The standard InChI is InChI=1S/C16H22BrNO2/c1-11-4-3-7-16(9-11,10-19)18-15(20)14-6-5-13(17)8-12(14)2/h5-6,8,11,19H,3-4,7,9-10H2,1-2H3,(H,18,20). The highest BCUT2D eigenvalue weighted by Gasteiger charge is 2.36. The lowest BCUT2D eigenvalue weighted by Gasteiger charge is -2.39. The summed E-state index contributed by atoms with van der Waals surface area (Å²) in [5, 5.41) is 12.8. The number of aliphatic hydroxyl groups excluding tert-OH is 1. The Morgan fingerprint density at radius 1 is 1.55 bits per heavy atom. The molecule has 1 aliphatic rings. The zero-order chi connectivity index (χ0) is 14.8. The lowest BCUT2D eigenvalue weighted by Crippen LogP contribution is -2.54. The summed E-state index contributed by atoms with van der Waals surface area (Å²) in [6.07, 6.45) is 3.94. The van der Waals surface area contributed by atoms with Gasteiger partial charge in [-0.25, -0.2) is 0 Å². The first-order valence-corrected chi connectivity index (χ1v) is 7.94. The minimum absolute atomic E-state index is 0.0126. The smallest absolute Gasteiger partial charge is 0.252 e. The second-order valence-corrected chi connectivity index (χ2v) is 6.97. The van der Waals surface area contributed by atoms with Crippen LogP contribution in [0.25, 0.3) is 0 Å². The molecule has 2 atom stereocenters. The van der Waals surface area contributed by atoms with E-state index in [1.807, 2.05) is 25.1 Å². The summed E-state index contributed by atoms with van der Waals surface area (Å²) in [6, 6.07) is 5.63. The Kier molecular flexibility index (Phi) is 4.86. The molecule has 0 heterocycles. The summed E-state index contributed by atoms with van der Waals surface area (Å²) in [5.41, 5.74) is 1.17. The van der Waals surface area contributed by atoms with Gasteiger partial charge in [0.2, 0.25) is 0 Å². The van der Waals surface area contributed by atoms with Crippen LogP contribution in [0.15, 0.2) is 22.7 Å². The highest BCUT2D eigenvalue weighted by atomic mass is 79.9. The van der Waals surface area contributed by atoms with Crippen molar-refractivity contribution in [1.82, 2.24) is 5.32 Å².